The second kappa shape index (κ2) is 5.79. The van der Waals surface area contributed by atoms with Crippen LogP contribution in [-0.4, -0.2) is 19.6 Å². The number of nitrogens with zero attached hydrogens (tertiary/aromatic N) is 4. The van der Waals surface area contributed by atoms with Crippen LogP contribution in [0.2, 0.25) is 0 Å². The zero-order valence-corrected chi connectivity index (χ0v) is 15.7. The predicted molar refractivity (Wildman–Crippen MR) is 103 cm³/mol. The monoisotopic (exact) mass is 347 g/mol. The molecule has 2 aliphatic rings. The quantitative estimate of drug-likeness (QED) is 0.727. The van der Waals surface area contributed by atoms with Crippen LogP contribution in [0.25, 0.3) is 5.65 Å². The molecule has 0 aliphatic heterocycles. The molecule has 0 bridgehead atoms. The molecule has 5 rings (SSSR count). The van der Waals surface area contributed by atoms with Crippen molar-refractivity contribution in [1.29, 1.82) is 0 Å². The minimum absolute atomic E-state index is 0.635. The summed E-state index contributed by atoms with van der Waals surface area (Å²) in [5.41, 5.74) is 5.83. The summed E-state index contributed by atoms with van der Waals surface area (Å²) in [4.78, 5) is 9.40. The first-order valence-electron chi connectivity index (χ1n) is 9.66. The molecule has 134 valence electrons. The lowest BCUT2D eigenvalue weighted by Crippen LogP contribution is -2.09. The SMILES string of the molecule is Cc1ccc(Nc2nc(C)nc3c(C(C4CC4)C4CC4)cnn23)c(C)c1. The highest BCUT2D eigenvalue weighted by atomic mass is 15.3. The molecule has 1 N–H and O–H groups in total. The number of fused-ring (bicyclic) bond motifs is 1. The number of aromatic nitrogens is 4. The molecule has 2 aliphatic carbocycles. The van der Waals surface area contributed by atoms with E-state index in [1.54, 1.807) is 0 Å². The van der Waals surface area contributed by atoms with Gasteiger partial charge >= 0.3 is 0 Å². The minimum atomic E-state index is 0.635. The summed E-state index contributed by atoms with van der Waals surface area (Å²) in [6.45, 7) is 6.19. The molecule has 5 heteroatoms. The summed E-state index contributed by atoms with van der Waals surface area (Å²) in [7, 11) is 0. The van der Waals surface area contributed by atoms with Gasteiger partial charge in [0.2, 0.25) is 5.95 Å². The maximum absolute atomic E-state index is 4.77. The van der Waals surface area contributed by atoms with E-state index >= 15 is 0 Å². The molecule has 5 nitrogen and oxygen atoms in total. The first-order chi connectivity index (χ1) is 12.6. The van der Waals surface area contributed by atoms with E-state index in [0.29, 0.717) is 5.92 Å². The highest BCUT2D eigenvalue weighted by Gasteiger charge is 2.43. The molecule has 2 fully saturated rings. The molecule has 0 unspecified atom stereocenters. The van der Waals surface area contributed by atoms with Crippen LogP contribution in [0.5, 0.6) is 0 Å². The van der Waals surface area contributed by atoms with Gasteiger partial charge in [-0.05, 0) is 75.8 Å². The Kier molecular flexibility index (Phi) is 3.52. The third-order valence-corrected chi connectivity index (χ3v) is 5.75. The van der Waals surface area contributed by atoms with E-state index < -0.39 is 0 Å². The Morgan fingerprint density at radius 3 is 2.42 bits per heavy atom. The van der Waals surface area contributed by atoms with Crippen LogP contribution < -0.4 is 5.32 Å². The molecule has 0 amide bonds. The number of benzene rings is 1. The largest absolute Gasteiger partial charge is 0.324 e. The van der Waals surface area contributed by atoms with Crippen LogP contribution in [0.15, 0.2) is 24.4 Å². The molecule has 0 saturated heterocycles. The molecule has 2 heterocycles. The van der Waals surface area contributed by atoms with Gasteiger partial charge in [-0.15, -0.1) is 0 Å². The van der Waals surface area contributed by atoms with E-state index in [1.165, 1.54) is 42.4 Å². The van der Waals surface area contributed by atoms with Crippen molar-refractivity contribution < 1.29 is 0 Å². The molecule has 0 spiro atoms. The van der Waals surface area contributed by atoms with Crippen molar-refractivity contribution in [2.45, 2.75) is 52.4 Å². The van der Waals surface area contributed by atoms with Gasteiger partial charge in [-0.2, -0.15) is 14.6 Å². The number of rotatable bonds is 5. The Hall–Kier alpha value is -2.43. The number of hydrogen-bond acceptors (Lipinski definition) is 4. The van der Waals surface area contributed by atoms with Gasteiger partial charge < -0.3 is 5.32 Å². The van der Waals surface area contributed by atoms with Gasteiger partial charge in [0.15, 0.2) is 5.65 Å². The Morgan fingerprint density at radius 2 is 1.77 bits per heavy atom. The molecule has 3 aromatic rings. The molecular formula is C21H25N5. The highest BCUT2D eigenvalue weighted by Crippen LogP contribution is 2.55. The van der Waals surface area contributed by atoms with Crippen LogP contribution in [0, 0.1) is 32.6 Å². The van der Waals surface area contributed by atoms with Gasteiger partial charge in [-0.25, -0.2) is 4.98 Å². The number of aryl methyl sites for hydroxylation is 3. The van der Waals surface area contributed by atoms with Gasteiger partial charge in [0.1, 0.15) is 5.82 Å². The normalized spacial score (nSPS) is 17.2. The average molecular weight is 347 g/mol. The number of hydrogen-bond donors (Lipinski definition) is 1. The van der Waals surface area contributed by atoms with Crippen molar-refractivity contribution in [1.82, 2.24) is 19.6 Å². The Bertz CT molecular complexity index is 969. The molecule has 2 aromatic heterocycles. The zero-order chi connectivity index (χ0) is 17.8. The second-order valence-electron chi connectivity index (χ2n) is 8.07. The third-order valence-electron chi connectivity index (χ3n) is 5.75. The summed E-state index contributed by atoms with van der Waals surface area (Å²) in [5.74, 6) is 3.84. The topological polar surface area (TPSA) is 55.1 Å². The van der Waals surface area contributed by atoms with E-state index in [4.69, 9.17) is 4.98 Å². The van der Waals surface area contributed by atoms with Crippen LogP contribution >= 0.6 is 0 Å². The van der Waals surface area contributed by atoms with Gasteiger partial charge in [0, 0.05) is 11.3 Å². The van der Waals surface area contributed by atoms with Gasteiger partial charge in [0.05, 0.1) is 6.20 Å². The van der Waals surface area contributed by atoms with Crippen molar-refractivity contribution >= 4 is 17.3 Å². The molecule has 26 heavy (non-hydrogen) atoms. The highest BCUT2D eigenvalue weighted by molar-refractivity contribution is 5.62. The van der Waals surface area contributed by atoms with Crippen molar-refractivity contribution in [3.63, 3.8) is 0 Å². The maximum atomic E-state index is 4.77. The van der Waals surface area contributed by atoms with Crippen molar-refractivity contribution in [2.24, 2.45) is 11.8 Å². The van der Waals surface area contributed by atoms with Crippen LogP contribution in [0.4, 0.5) is 11.6 Å². The minimum Gasteiger partial charge on any atom is -0.324 e. The van der Waals surface area contributed by atoms with E-state index in [2.05, 4.69) is 47.4 Å². The zero-order valence-electron chi connectivity index (χ0n) is 15.7. The maximum Gasteiger partial charge on any atom is 0.232 e. The summed E-state index contributed by atoms with van der Waals surface area (Å²) in [6, 6.07) is 6.40. The van der Waals surface area contributed by atoms with Crippen LogP contribution in [0.3, 0.4) is 0 Å². The van der Waals surface area contributed by atoms with Crippen molar-refractivity contribution in [2.75, 3.05) is 5.32 Å². The molecular weight excluding hydrogens is 322 g/mol. The molecule has 2 saturated carbocycles. The second-order valence-corrected chi connectivity index (χ2v) is 8.07. The Labute approximate surface area is 153 Å². The van der Waals surface area contributed by atoms with Crippen molar-refractivity contribution in [3.05, 3.63) is 46.9 Å². The third kappa shape index (κ3) is 2.75. The lowest BCUT2D eigenvalue weighted by atomic mass is 9.91. The average Bonchev–Trinajstić information content (AvgIpc) is 3.50. The fourth-order valence-electron chi connectivity index (χ4n) is 4.19. The first kappa shape index (κ1) is 15.8. The van der Waals surface area contributed by atoms with E-state index in [-0.39, 0.29) is 0 Å². The van der Waals surface area contributed by atoms with Gasteiger partial charge in [-0.3, -0.25) is 0 Å². The van der Waals surface area contributed by atoms with Crippen LogP contribution in [-0.2, 0) is 0 Å². The van der Waals surface area contributed by atoms with Crippen molar-refractivity contribution in [3.8, 4) is 0 Å². The lowest BCUT2D eigenvalue weighted by Gasteiger charge is -2.15. The smallest absolute Gasteiger partial charge is 0.232 e. The fourth-order valence-corrected chi connectivity index (χ4v) is 4.19. The van der Waals surface area contributed by atoms with E-state index in [0.717, 1.165) is 34.9 Å². The Balaban J connectivity index is 1.58. The van der Waals surface area contributed by atoms with Gasteiger partial charge in [0.25, 0.3) is 0 Å². The fraction of sp³-hybridized carbons (Fsp3) is 0.476. The summed E-state index contributed by atoms with van der Waals surface area (Å²) in [6.07, 6.45) is 7.47. The standard InChI is InChI=1S/C21H25N5/c1-12-4-9-18(13(2)10-12)25-21-24-14(3)23-20-17(11-22-26(20)21)19(15-5-6-15)16-7-8-16/h4,9-11,15-16,19H,5-8H2,1-3H3,(H,23,24,25). The predicted octanol–water partition coefficient (Wildman–Crippen LogP) is 4.70. The first-order valence-corrected chi connectivity index (χ1v) is 9.66. The molecule has 0 radical (unpaired) electrons. The Morgan fingerprint density at radius 1 is 1.04 bits per heavy atom. The summed E-state index contributed by atoms with van der Waals surface area (Å²) >= 11 is 0. The van der Waals surface area contributed by atoms with E-state index in [1.807, 2.05) is 17.6 Å². The summed E-state index contributed by atoms with van der Waals surface area (Å²) < 4.78 is 1.89. The molecule has 1 aromatic carbocycles. The number of nitrogens with one attached hydrogen (secondary N) is 1. The number of anilines is 2. The lowest BCUT2D eigenvalue weighted by molar-refractivity contribution is 0.540. The van der Waals surface area contributed by atoms with Crippen LogP contribution in [0.1, 0.15) is 54.1 Å². The van der Waals surface area contributed by atoms with E-state index in [9.17, 15) is 0 Å². The molecule has 0 atom stereocenters. The summed E-state index contributed by atoms with van der Waals surface area (Å²) in [5, 5.41) is 8.15. The van der Waals surface area contributed by atoms with Gasteiger partial charge in [-0.1, -0.05) is 17.7 Å².